The van der Waals surface area contributed by atoms with Gasteiger partial charge in [-0.05, 0) is 43.7 Å². The van der Waals surface area contributed by atoms with Gasteiger partial charge in [0.1, 0.15) is 5.82 Å². The fraction of sp³-hybridized carbons (Fsp3) is 0.611. The van der Waals surface area contributed by atoms with Gasteiger partial charge in [-0.1, -0.05) is 12.5 Å². The van der Waals surface area contributed by atoms with Crippen LogP contribution in [0.1, 0.15) is 50.3 Å². The molecule has 128 valence electrons. The first-order valence-electron chi connectivity index (χ1n) is 9.05. The molecule has 1 saturated carbocycles. The standard InChI is InChI=1S/C18H25N5O/c19-15-5-3-4-14(15)12-17(24)22-10-7-13(8-11-22)18-21-20-16-6-1-2-9-23(16)18/h1-2,6,9,13-15H,3-5,7-8,10-12,19H2/t14-,15+/m0/s1. The van der Waals surface area contributed by atoms with Crippen LogP contribution in [0.15, 0.2) is 24.4 Å². The fourth-order valence-electron chi connectivity index (χ4n) is 4.20. The summed E-state index contributed by atoms with van der Waals surface area (Å²) in [7, 11) is 0. The topological polar surface area (TPSA) is 76.5 Å². The minimum atomic E-state index is 0.217. The first kappa shape index (κ1) is 15.6. The Morgan fingerprint density at radius 3 is 2.75 bits per heavy atom. The molecule has 1 aliphatic carbocycles. The number of amides is 1. The maximum Gasteiger partial charge on any atom is 0.222 e. The van der Waals surface area contributed by atoms with Crippen molar-refractivity contribution >= 4 is 11.6 Å². The predicted octanol–water partition coefficient (Wildman–Crippen LogP) is 1.95. The quantitative estimate of drug-likeness (QED) is 0.935. The van der Waals surface area contributed by atoms with Crippen molar-refractivity contribution in [3.05, 3.63) is 30.2 Å². The predicted molar refractivity (Wildman–Crippen MR) is 91.5 cm³/mol. The van der Waals surface area contributed by atoms with Gasteiger partial charge in [0.05, 0.1) is 0 Å². The van der Waals surface area contributed by atoms with Crippen LogP contribution in [0, 0.1) is 5.92 Å². The van der Waals surface area contributed by atoms with Crippen LogP contribution >= 0.6 is 0 Å². The zero-order chi connectivity index (χ0) is 16.5. The first-order chi connectivity index (χ1) is 11.7. The lowest BCUT2D eigenvalue weighted by Gasteiger charge is -2.32. The van der Waals surface area contributed by atoms with Crippen LogP contribution in [0.5, 0.6) is 0 Å². The lowest BCUT2D eigenvalue weighted by atomic mass is 9.94. The van der Waals surface area contributed by atoms with E-state index in [0.29, 0.717) is 18.3 Å². The molecular formula is C18H25N5O. The van der Waals surface area contributed by atoms with Crippen molar-refractivity contribution in [2.45, 2.75) is 50.5 Å². The van der Waals surface area contributed by atoms with E-state index in [-0.39, 0.29) is 11.9 Å². The van der Waals surface area contributed by atoms with Crippen molar-refractivity contribution in [2.24, 2.45) is 11.7 Å². The van der Waals surface area contributed by atoms with E-state index in [1.54, 1.807) is 0 Å². The molecule has 0 bridgehead atoms. The average molecular weight is 327 g/mol. The Labute approximate surface area is 142 Å². The van der Waals surface area contributed by atoms with Gasteiger partial charge in [0.2, 0.25) is 5.91 Å². The second kappa shape index (κ2) is 6.51. The number of likely N-dealkylation sites (tertiary alicyclic amines) is 1. The molecule has 6 heteroatoms. The van der Waals surface area contributed by atoms with Crippen molar-refractivity contribution in [2.75, 3.05) is 13.1 Å². The molecule has 24 heavy (non-hydrogen) atoms. The molecule has 2 aliphatic rings. The third kappa shape index (κ3) is 2.90. The number of piperidine rings is 1. The minimum absolute atomic E-state index is 0.217. The Hall–Kier alpha value is -1.95. The fourth-order valence-corrected chi connectivity index (χ4v) is 4.20. The SMILES string of the molecule is N[C@@H]1CCC[C@H]1CC(=O)N1CCC(c2nnc3ccccn23)CC1. The summed E-state index contributed by atoms with van der Waals surface area (Å²) in [4.78, 5) is 14.6. The third-order valence-electron chi connectivity index (χ3n) is 5.71. The number of hydrogen-bond acceptors (Lipinski definition) is 4. The number of nitrogens with zero attached hydrogens (tertiary/aromatic N) is 4. The van der Waals surface area contributed by atoms with Gasteiger partial charge in [-0.3, -0.25) is 9.20 Å². The van der Waals surface area contributed by atoms with Gasteiger partial charge in [-0.15, -0.1) is 10.2 Å². The van der Waals surface area contributed by atoms with Gasteiger partial charge in [0.25, 0.3) is 0 Å². The number of aromatic nitrogens is 3. The maximum atomic E-state index is 12.5. The average Bonchev–Trinajstić information content (AvgIpc) is 3.21. The molecule has 4 rings (SSSR count). The monoisotopic (exact) mass is 327 g/mol. The molecule has 2 fully saturated rings. The molecule has 1 amide bonds. The summed E-state index contributed by atoms with van der Waals surface area (Å²) in [6.45, 7) is 1.63. The molecular weight excluding hydrogens is 302 g/mol. The van der Waals surface area contributed by atoms with Crippen molar-refractivity contribution in [1.82, 2.24) is 19.5 Å². The molecule has 0 spiro atoms. The summed E-state index contributed by atoms with van der Waals surface area (Å²) in [5, 5.41) is 8.62. The Morgan fingerprint density at radius 1 is 1.17 bits per heavy atom. The van der Waals surface area contributed by atoms with Crippen molar-refractivity contribution in [1.29, 1.82) is 0 Å². The summed E-state index contributed by atoms with van der Waals surface area (Å²) in [5.41, 5.74) is 7.00. The second-order valence-electron chi connectivity index (χ2n) is 7.20. The first-order valence-corrected chi connectivity index (χ1v) is 9.05. The van der Waals surface area contributed by atoms with Gasteiger partial charge in [0, 0.05) is 37.7 Å². The number of carbonyl (C=O) groups is 1. The number of pyridine rings is 1. The number of fused-ring (bicyclic) bond motifs is 1. The molecule has 2 aromatic heterocycles. The molecule has 1 saturated heterocycles. The van der Waals surface area contributed by atoms with Crippen molar-refractivity contribution in [3.63, 3.8) is 0 Å². The van der Waals surface area contributed by atoms with Gasteiger partial charge in [-0.25, -0.2) is 0 Å². The zero-order valence-electron chi connectivity index (χ0n) is 14.0. The minimum Gasteiger partial charge on any atom is -0.343 e. The molecule has 0 aromatic carbocycles. The van der Waals surface area contributed by atoms with E-state index in [1.165, 1.54) is 6.42 Å². The van der Waals surface area contributed by atoms with Crippen LogP contribution in [-0.2, 0) is 4.79 Å². The molecule has 2 N–H and O–H groups in total. The van der Waals surface area contributed by atoms with E-state index in [4.69, 9.17) is 5.73 Å². The van der Waals surface area contributed by atoms with Gasteiger partial charge >= 0.3 is 0 Å². The van der Waals surface area contributed by atoms with E-state index in [9.17, 15) is 4.79 Å². The van der Waals surface area contributed by atoms with E-state index in [2.05, 4.69) is 14.6 Å². The van der Waals surface area contributed by atoms with Crippen LogP contribution in [0.4, 0.5) is 0 Å². The summed E-state index contributed by atoms with van der Waals surface area (Å²) >= 11 is 0. The van der Waals surface area contributed by atoms with Gasteiger partial charge in [-0.2, -0.15) is 0 Å². The number of rotatable bonds is 3. The van der Waals surface area contributed by atoms with E-state index >= 15 is 0 Å². The summed E-state index contributed by atoms with van der Waals surface area (Å²) < 4.78 is 2.07. The Balaban J connectivity index is 1.37. The van der Waals surface area contributed by atoms with E-state index in [1.807, 2.05) is 29.3 Å². The zero-order valence-corrected chi connectivity index (χ0v) is 14.0. The molecule has 0 unspecified atom stereocenters. The van der Waals surface area contributed by atoms with Gasteiger partial charge < -0.3 is 10.6 Å². The van der Waals surface area contributed by atoms with Crippen LogP contribution in [-0.4, -0.2) is 44.5 Å². The van der Waals surface area contributed by atoms with Crippen molar-refractivity contribution < 1.29 is 4.79 Å². The van der Waals surface area contributed by atoms with E-state index < -0.39 is 0 Å². The van der Waals surface area contributed by atoms with Crippen LogP contribution in [0.25, 0.3) is 5.65 Å². The largest absolute Gasteiger partial charge is 0.343 e. The normalized spacial score (nSPS) is 25.5. The molecule has 6 nitrogen and oxygen atoms in total. The molecule has 0 radical (unpaired) electrons. The highest BCUT2D eigenvalue weighted by Gasteiger charge is 2.31. The van der Waals surface area contributed by atoms with Gasteiger partial charge in [0.15, 0.2) is 5.65 Å². The Bertz CT molecular complexity index is 719. The van der Waals surface area contributed by atoms with Crippen molar-refractivity contribution in [3.8, 4) is 0 Å². The molecule has 3 heterocycles. The molecule has 1 aliphatic heterocycles. The van der Waals surface area contributed by atoms with Crippen LogP contribution in [0.2, 0.25) is 0 Å². The molecule has 2 aromatic rings. The number of carbonyl (C=O) groups excluding carboxylic acids is 1. The summed E-state index contributed by atoms with van der Waals surface area (Å²) in [6.07, 6.45) is 7.90. The van der Waals surface area contributed by atoms with Crippen LogP contribution in [0.3, 0.4) is 0 Å². The highest BCUT2D eigenvalue weighted by atomic mass is 16.2. The Kier molecular flexibility index (Phi) is 4.22. The highest BCUT2D eigenvalue weighted by molar-refractivity contribution is 5.76. The summed E-state index contributed by atoms with van der Waals surface area (Å²) in [5.74, 6) is 2.06. The molecule has 2 atom stereocenters. The number of hydrogen-bond donors (Lipinski definition) is 1. The summed E-state index contributed by atoms with van der Waals surface area (Å²) in [6, 6.07) is 6.17. The highest BCUT2D eigenvalue weighted by Crippen LogP contribution is 2.30. The lowest BCUT2D eigenvalue weighted by Crippen LogP contribution is -2.40. The lowest BCUT2D eigenvalue weighted by molar-refractivity contribution is -0.133. The third-order valence-corrected chi connectivity index (χ3v) is 5.71. The van der Waals surface area contributed by atoms with E-state index in [0.717, 1.165) is 50.2 Å². The maximum absolute atomic E-state index is 12.5. The van der Waals surface area contributed by atoms with Crippen LogP contribution < -0.4 is 5.73 Å². The number of nitrogens with two attached hydrogens (primary N) is 1. The smallest absolute Gasteiger partial charge is 0.222 e. The Morgan fingerprint density at radius 2 is 2.00 bits per heavy atom. The second-order valence-corrected chi connectivity index (χ2v) is 7.20.